The van der Waals surface area contributed by atoms with Gasteiger partial charge in [0, 0.05) is 30.7 Å². The number of amides is 1. The summed E-state index contributed by atoms with van der Waals surface area (Å²) in [5, 5.41) is 1.22. The number of H-pyrrole nitrogens is 1. The Bertz CT molecular complexity index is 533. The van der Waals surface area contributed by atoms with Gasteiger partial charge in [0.2, 0.25) is 0 Å². The lowest BCUT2D eigenvalue weighted by Crippen LogP contribution is -2.29. The third kappa shape index (κ3) is 2.64. The lowest BCUT2D eigenvalue weighted by molar-refractivity contribution is 0.116. The molecular weight excluding hydrogens is 228 g/mol. The van der Waals surface area contributed by atoms with Crippen LogP contribution in [-0.2, 0) is 11.2 Å². The van der Waals surface area contributed by atoms with E-state index in [-0.39, 0.29) is 6.09 Å². The van der Waals surface area contributed by atoms with Crippen LogP contribution in [0, 0.1) is 0 Å². The molecule has 0 aliphatic heterocycles. The molecule has 0 saturated carbocycles. The largest absolute Gasteiger partial charge is 0.450 e. The highest BCUT2D eigenvalue weighted by molar-refractivity contribution is 5.83. The molecule has 0 radical (unpaired) electrons. The van der Waals surface area contributed by atoms with Crippen LogP contribution in [0.2, 0.25) is 0 Å². The van der Waals surface area contributed by atoms with Gasteiger partial charge in [-0.1, -0.05) is 18.2 Å². The van der Waals surface area contributed by atoms with Gasteiger partial charge in [0.25, 0.3) is 0 Å². The number of hydrogen-bond acceptors (Lipinski definition) is 2. The summed E-state index contributed by atoms with van der Waals surface area (Å²) in [6, 6.07) is 8.17. The SMILES string of the molecule is CCOC(=O)N(C)CCc1c[nH]c2ccccc12. The van der Waals surface area contributed by atoms with E-state index >= 15 is 0 Å². The van der Waals surface area contributed by atoms with Gasteiger partial charge >= 0.3 is 6.09 Å². The topological polar surface area (TPSA) is 45.3 Å². The third-order valence-corrected chi connectivity index (χ3v) is 2.97. The smallest absolute Gasteiger partial charge is 0.409 e. The Labute approximate surface area is 107 Å². The summed E-state index contributed by atoms with van der Waals surface area (Å²) < 4.78 is 4.94. The van der Waals surface area contributed by atoms with Crippen molar-refractivity contribution in [3.8, 4) is 0 Å². The van der Waals surface area contributed by atoms with Crippen LogP contribution in [0.1, 0.15) is 12.5 Å². The van der Waals surface area contributed by atoms with Crippen molar-refractivity contribution in [3.05, 3.63) is 36.0 Å². The molecule has 4 heteroatoms. The van der Waals surface area contributed by atoms with Crippen LogP contribution in [-0.4, -0.2) is 36.2 Å². The fraction of sp³-hybridized carbons (Fsp3) is 0.357. The predicted octanol–water partition coefficient (Wildman–Crippen LogP) is 2.80. The zero-order chi connectivity index (χ0) is 13.0. The number of nitrogens with one attached hydrogen (secondary N) is 1. The number of para-hydroxylation sites is 1. The first-order chi connectivity index (χ1) is 8.72. The van der Waals surface area contributed by atoms with Gasteiger partial charge in [-0.05, 0) is 25.0 Å². The van der Waals surface area contributed by atoms with E-state index in [1.54, 1.807) is 11.9 Å². The number of aromatic amines is 1. The predicted molar refractivity (Wildman–Crippen MR) is 71.7 cm³/mol. The maximum atomic E-state index is 11.5. The Morgan fingerprint density at radius 3 is 2.94 bits per heavy atom. The normalized spacial score (nSPS) is 10.6. The number of benzene rings is 1. The van der Waals surface area contributed by atoms with Gasteiger partial charge in [-0.2, -0.15) is 0 Å². The molecule has 0 bridgehead atoms. The number of nitrogens with zero attached hydrogens (tertiary/aromatic N) is 1. The molecule has 1 aromatic carbocycles. The van der Waals surface area contributed by atoms with E-state index in [2.05, 4.69) is 11.1 Å². The van der Waals surface area contributed by atoms with E-state index in [0.29, 0.717) is 13.2 Å². The van der Waals surface area contributed by atoms with Crippen LogP contribution in [0.4, 0.5) is 4.79 Å². The van der Waals surface area contributed by atoms with Crippen molar-refractivity contribution in [3.63, 3.8) is 0 Å². The van der Waals surface area contributed by atoms with E-state index in [4.69, 9.17) is 4.74 Å². The number of rotatable bonds is 4. The van der Waals surface area contributed by atoms with Gasteiger partial charge < -0.3 is 14.6 Å². The van der Waals surface area contributed by atoms with Crippen LogP contribution in [0.15, 0.2) is 30.5 Å². The summed E-state index contributed by atoms with van der Waals surface area (Å²) in [6.45, 7) is 2.88. The average Bonchev–Trinajstić information content (AvgIpc) is 2.79. The second kappa shape index (κ2) is 5.58. The maximum Gasteiger partial charge on any atom is 0.409 e. The van der Waals surface area contributed by atoms with Gasteiger partial charge in [0.15, 0.2) is 0 Å². The molecule has 2 aromatic rings. The number of carbonyl (C=O) groups excluding carboxylic acids is 1. The average molecular weight is 246 g/mol. The van der Waals surface area contributed by atoms with Gasteiger partial charge in [-0.25, -0.2) is 4.79 Å². The number of ether oxygens (including phenoxy) is 1. The van der Waals surface area contributed by atoms with Crippen LogP contribution < -0.4 is 0 Å². The van der Waals surface area contributed by atoms with Crippen molar-refractivity contribution >= 4 is 17.0 Å². The van der Waals surface area contributed by atoms with E-state index in [1.807, 2.05) is 31.3 Å². The van der Waals surface area contributed by atoms with E-state index in [0.717, 1.165) is 11.9 Å². The Balaban J connectivity index is 2.00. The number of aromatic nitrogens is 1. The monoisotopic (exact) mass is 246 g/mol. The fourth-order valence-corrected chi connectivity index (χ4v) is 1.95. The van der Waals surface area contributed by atoms with Gasteiger partial charge in [0.05, 0.1) is 6.61 Å². The minimum absolute atomic E-state index is 0.266. The molecule has 0 fully saturated rings. The summed E-state index contributed by atoms with van der Waals surface area (Å²) in [5.41, 5.74) is 2.35. The minimum Gasteiger partial charge on any atom is -0.450 e. The van der Waals surface area contributed by atoms with Crippen LogP contribution in [0.3, 0.4) is 0 Å². The summed E-state index contributed by atoms with van der Waals surface area (Å²) in [6.07, 6.45) is 2.56. The molecule has 1 heterocycles. The molecule has 0 atom stereocenters. The number of carbonyl (C=O) groups is 1. The molecule has 1 amide bonds. The van der Waals surface area contributed by atoms with Gasteiger partial charge in [-0.15, -0.1) is 0 Å². The van der Waals surface area contributed by atoms with Crippen molar-refractivity contribution in [2.75, 3.05) is 20.2 Å². The molecule has 0 unspecified atom stereocenters. The highest BCUT2D eigenvalue weighted by Crippen LogP contribution is 2.18. The lowest BCUT2D eigenvalue weighted by atomic mass is 10.1. The Morgan fingerprint density at radius 1 is 1.39 bits per heavy atom. The quantitative estimate of drug-likeness (QED) is 0.901. The first kappa shape index (κ1) is 12.5. The zero-order valence-corrected chi connectivity index (χ0v) is 10.8. The van der Waals surface area contributed by atoms with Crippen molar-refractivity contribution < 1.29 is 9.53 Å². The van der Waals surface area contributed by atoms with Gasteiger partial charge in [-0.3, -0.25) is 0 Å². The molecule has 1 N–H and O–H groups in total. The number of fused-ring (bicyclic) bond motifs is 1. The zero-order valence-electron chi connectivity index (χ0n) is 10.8. The standard InChI is InChI=1S/C14H18N2O2/c1-3-18-14(17)16(2)9-8-11-10-15-13-7-5-4-6-12(11)13/h4-7,10,15H,3,8-9H2,1-2H3. The molecule has 4 nitrogen and oxygen atoms in total. The summed E-state index contributed by atoms with van der Waals surface area (Å²) in [4.78, 5) is 16.3. The van der Waals surface area contributed by atoms with Crippen molar-refractivity contribution in [1.82, 2.24) is 9.88 Å². The second-order valence-corrected chi connectivity index (χ2v) is 4.23. The first-order valence-corrected chi connectivity index (χ1v) is 6.15. The Morgan fingerprint density at radius 2 is 2.17 bits per heavy atom. The molecule has 0 saturated heterocycles. The third-order valence-electron chi connectivity index (χ3n) is 2.97. The molecule has 96 valence electrons. The summed E-state index contributed by atoms with van der Waals surface area (Å²) >= 11 is 0. The molecule has 0 aliphatic carbocycles. The van der Waals surface area contributed by atoms with Crippen molar-refractivity contribution in [1.29, 1.82) is 0 Å². The number of likely N-dealkylation sites (N-methyl/N-ethyl adjacent to an activating group) is 1. The lowest BCUT2D eigenvalue weighted by Gasteiger charge is -2.15. The first-order valence-electron chi connectivity index (χ1n) is 6.15. The highest BCUT2D eigenvalue weighted by Gasteiger charge is 2.10. The summed E-state index contributed by atoms with van der Waals surface area (Å²) in [5.74, 6) is 0. The second-order valence-electron chi connectivity index (χ2n) is 4.23. The maximum absolute atomic E-state index is 11.5. The van der Waals surface area contributed by atoms with Crippen LogP contribution >= 0.6 is 0 Å². The molecular formula is C14H18N2O2. The van der Waals surface area contributed by atoms with E-state index in [9.17, 15) is 4.79 Å². The fourth-order valence-electron chi connectivity index (χ4n) is 1.95. The molecule has 0 spiro atoms. The van der Waals surface area contributed by atoms with E-state index < -0.39 is 0 Å². The molecule has 0 aliphatic rings. The van der Waals surface area contributed by atoms with Crippen LogP contribution in [0.5, 0.6) is 0 Å². The molecule has 1 aromatic heterocycles. The van der Waals surface area contributed by atoms with Crippen molar-refractivity contribution in [2.45, 2.75) is 13.3 Å². The van der Waals surface area contributed by atoms with Crippen molar-refractivity contribution in [2.24, 2.45) is 0 Å². The Kier molecular flexibility index (Phi) is 3.87. The molecule has 2 rings (SSSR count). The molecule has 18 heavy (non-hydrogen) atoms. The van der Waals surface area contributed by atoms with Crippen LogP contribution in [0.25, 0.3) is 10.9 Å². The number of hydrogen-bond donors (Lipinski definition) is 1. The summed E-state index contributed by atoms with van der Waals surface area (Å²) in [7, 11) is 1.76. The Hall–Kier alpha value is -1.97. The van der Waals surface area contributed by atoms with E-state index in [1.165, 1.54) is 10.9 Å². The minimum atomic E-state index is -0.266. The highest BCUT2D eigenvalue weighted by atomic mass is 16.5. The van der Waals surface area contributed by atoms with Gasteiger partial charge in [0.1, 0.15) is 0 Å².